The van der Waals surface area contributed by atoms with E-state index in [2.05, 4.69) is 15.6 Å². The summed E-state index contributed by atoms with van der Waals surface area (Å²) in [5.41, 5.74) is 0.516. The Balaban J connectivity index is 1.71. The zero-order valence-electron chi connectivity index (χ0n) is 13.1. The number of halogens is 4. The summed E-state index contributed by atoms with van der Waals surface area (Å²) in [7, 11) is 0. The van der Waals surface area contributed by atoms with Crippen LogP contribution in [0.1, 0.15) is 10.4 Å². The molecule has 0 bridgehead atoms. The van der Waals surface area contributed by atoms with Gasteiger partial charge < -0.3 is 10.6 Å². The predicted molar refractivity (Wildman–Crippen MR) is 93.2 cm³/mol. The number of nitrogens with one attached hydrogen (secondary N) is 2. The van der Waals surface area contributed by atoms with Crippen LogP contribution >= 0.6 is 11.6 Å². The maximum absolute atomic E-state index is 13.6. The summed E-state index contributed by atoms with van der Waals surface area (Å²) in [5.74, 6) is -4.37. The molecule has 26 heavy (non-hydrogen) atoms. The Morgan fingerprint density at radius 1 is 1.00 bits per heavy atom. The van der Waals surface area contributed by atoms with Gasteiger partial charge in [-0.1, -0.05) is 17.7 Å². The average molecular weight is 378 g/mol. The molecule has 0 aliphatic carbocycles. The molecule has 1 heterocycles. The molecule has 0 saturated heterocycles. The Morgan fingerprint density at radius 2 is 1.81 bits per heavy atom. The van der Waals surface area contributed by atoms with Gasteiger partial charge >= 0.3 is 0 Å². The summed E-state index contributed by atoms with van der Waals surface area (Å²) in [5, 5.41) is 5.60. The highest BCUT2D eigenvalue weighted by molar-refractivity contribution is 6.31. The fraction of sp³-hybridized carbons (Fsp3) is 0. The van der Waals surface area contributed by atoms with E-state index in [1.807, 2.05) is 0 Å². The van der Waals surface area contributed by atoms with E-state index in [0.717, 1.165) is 12.1 Å². The first-order valence-electron chi connectivity index (χ1n) is 7.37. The van der Waals surface area contributed by atoms with Crippen molar-refractivity contribution in [2.45, 2.75) is 0 Å². The number of aromatic nitrogens is 1. The molecule has 3 rings (SSSR count). The molecule has 1 amide bonds. The number of carbonyl (C=O) groups is 1. The molecule has 0 atom stereocenters. The van der Waals surface area contributed by atoms with E-state index in [4.69, 9.17) is 11.6 Å². The van der Waals surface area contributed by atoms with E-state index < -0.39 is 17.5 Å². The molecule has 2 N–H and O–H groups in total. The maximum Gasteiger partial charge on any atom is 0.255 e. The molecule has 1 aromatic heterocycles. The quantitative estimate of drug-likeness (QED) is 0.618. The summed E-state index contributed by atoms with van der Waals surface area (Å²) in [4.78, 5) is 16.1. The van der Waals surface area contributed by atoms with Gasteiger partial charge in [-0.15, -0.1) is 0 Å². The third-order valence-electron chi connectivity index (χ3n) is 3.41. The summed E-state index contributed by atoms with van der Waals surface area (Å²) in [6.07, 6.45) is 1.34. The minimum atomic E-state index is -1.57. The highest BCUT2D eigenvalue weighted by Crippen LogP contribution is 2.23. The Morgan fingerprint density at radius 3 is 2.50 bits per heavy atom. The van der Waals surface area contributed by atoms with Gasteiger partial charge in [-0.3, -0.25) is 4.79 Å². The first-order valence-corrected chi connectivity index (χ1v) is 7.75. The Hall–Kier alpha value is -3.06. The molecular formula is C18H11ClF3N3O. The first kappa shape index (κ1) is 17.8. The SMILES string of the molecule is O=C(Nc1ccc(Nc2ccc(F)c(F)c2F)nc1)c1cccc(Cl)c1. The van der Waals surface area contributed by atoms with Gasteiger partial charge in [-0.05, 0) is 42.5 Å². The monoisotopic (exact) mass is 377 g/mol. The highest BCUT2D eigenvalue weighted by atomic mass is 35.5. The minimum Gasteiger partial charge on any atom is -0.338 e. The minimum absolute atomic E-state index is 0.190. The Kier molecular flexibility index (Phi) is 5.09. The summed E-state index contributed by atoms with van der Waals surface area (Å²) in [6, 6.07) is 11.3. The second kappa shape index (κ2) is 7.45. The largest absolute Gasteiger partial charge is 0.338 e. The lowest BCUT2D eigenvalue weighted by molar-refractivity contribution is 0.102. The van der Waals surface area contributed by atoms with Crippen LogP contribution in [-0.4, -0.2) is 10.9 Å². The van der Waals surface area contributed by atoms with Crippen LogP contribution in [0.4, 0.5) is 30.4 Å². The summed E-state index contributed by atoms with van der Waals surface area (Å²) >= 11 is 5.84. The van der Waals surface area contributed by atoms with Gasteiger partial charge in [-0.2, -0.15) is 0 Å². The number of pyridine rings is 1. The zero-order valence-corrected chi connectivity index (χ0v) is 13.8. The van der Waals surface area contributed by atoms with Gasteiger partial charge in [0.15, 0.2) is 17.5 Å². The van der Waals surface area contributed by atoms with Crippen molar-refractivity contribution in [3.63, 3.8) is 0 Å². The normalized spacial score (nSPS) is 10.5. The molecule has 0 saturated carbocycles. The van der Waals surface area contributed by atoms with Crippen LogP contribution in [0, 0.1) is 17.5 Å². The summed E-state index contributed by atoms with van der Waals surface area (Å²) in [6.45, 7) is 0. The molecule has 8 heteroatoms. The third kappa shape index (κ3) is 3.94. The lowest BCUT2D eigenvalue weighted by Crippen LogP contribution is -2.12. The standard InChI is InChI=1S/C18H11ClF3N3O/c19-11-3-1-2-10(8-11)18(26)24-12-4-7-15(23-9-12)25-14-6-5-13(20)16(21)17(14)22/h1-9H,(H,23,25)(H,24,26). The molecule has 4 nitrogen and oxygen atoms in total. The number of hydrogen-bond acceptors (Lipinski definition) is 3. The van der Waals surface area contributed by atoms with Gasteiger partial charge in [0, 0.05) is 10.6 Å². The molecule has 0 aliphatic rings. The molecule has 0 unspecified atom stereocenters. The highest BCUT2D eigenvalue weighted by Gasteiger charge is 2.14. The van der Waals surface area contributed by atoms with Gasteiger partial charge in [-0.25, -0.2) is 18.2 Å². The fourth-order valence-corrected chi connectivity index (χ4v) is 2.33. The number of anilines is 3. The van der Waals surface area contributed by atoms with E-state index in [1.54, 1.807) is 18.2 Å². The average Bonchev–Trinajstić information content (AvgIpc) is 2.64. The van der Waals surface area contributed by atoms with E-state index in [1.165, 1.54) is 24.4 Å². The van der Waals surface area contributed by atoms with Crippen molar-refractivity contribution in [3.05, 3.63) is 82.8 Å². The topological polar surface area (TPSA) is 54.0 Å². The van der Waals surface area contributed by atoms with Crippen molar-refractivity contribution in [1.29, 1.82) is 0 Å². The lowest BCUT2D eigenvalue weighted by Gasteiger charge is -2.09. The van der Waals surface area contributed by atoms with Crippen LogP contribution in [0.15, 0.2) is 54.7 Å². The van der Waals surface area contributed by atoms with Crippen molar-refractivity contribution in [1.82, 2.24) is 4.98 Å². The lowest BCUT2D eigenvalue weighted by atomic mass is 10.2. The molecule has 0 spiro atoms. The zero-order chi connectivity index (χ0) is 18.7. The van der Waals surface area contributed by atoms with Gasteiger partial charge in [0.05, 0.1) is 17.6 Å². The molecule has 0 radical (unpaired) electrons. The Labute approximate surface area is 151 Å². The van der Waals surface area contributed by atoms with Crippen molar-refractivity contribution in [2.75, 3.05) is 10.6 Å². The molecular weight excluding hydrogens is 367 g/mol. The van der Waals surface area contributed by atoms with E-state index in [-0.39, 0.29) is 17.4 Å². The van der Waals surface area contributed by atoms with E-state index >= 15 is 0 Å². The number of rotatable bonds is 4. The third-order valence-corrected chi connectivity index (χ3v) is 3.64. The molecule has 132 valence electrons. The first-order chi connectivity index (χ1) is 12.4. The van der Waals surface area contributed by atoms with Crippen LogP contribution in [0.2, 0.25) is 5.02 Å². The van der Waals surface area contributed by atoms with E-state index in [9.17, 15) is 18.0 Å². The van der Waals surface area contributed by atoms with Gasteiger partial charge in [0.2, 0.25) is 0 Å². The molecule has 0 aliphatic heterocycles. The van der Waals surface area contributed by atoms with Crippen LogP contribution < -0.4 is 10.6 Å². The number of benzene rings is 2. The smallest absolute Gasteiger partial charge is 0.255 e. The molecule has 0 fully saturated rings. The predicted octanol–water partition coefficient (Wildman–Crippen LogP) is 5.15. The van der Waals surface area contributed by atoms with Gasteiger partial charge in [0.25, 0.3) is 5.91 Å². The number of nitrogens with zero attached hydrogens (tertiary/aromatic N) is 1. The van der Waals surface area contributed by atoms with Crippen molar-refractivity contribution in [3.8, 4) is 0 Å². The van der Waals surface area contributed by atoms with Crippen molar-refractivity contribution in [2.24, 2.45) is 0 Å². The number of carbonyl (C=O) groups excluding carboxylic acids is 1. The molecule has 3 aromatic rings. The summed E-state index contributed by atoms with van der Waals surface area (Å²) < 4.78 is 39.8. The maximum atomic E-state index is 13.6. The van der Waals surface area contributed by atoms with Crippen molar-refractivity contribution >= 4 is 34.7 Å². The van der Waals surface area contributed by atoms with Crippen LogP contribution in [0.25, 0.3) is 0 Å². The van der Waals surface area contributed by atoms with Gasteiger partial charge in [0.1, 0.15) is 5.82 Å². The number of hydrogen-bond donors (Lipinski definition) is 2. The number of amides is 1. The second-order valence-electron chi connectivity index (χ2n) is 5.24. The van der Waals surface area contributed by atoms with Crippen LogP contribution in [0.3, 0.4) is 0 Å². The van der Waals surface area contributed by atoms with Crippen LogP contribution in [0.5, 0.6) is 0 Å². The second-order valence-corrected chi connectivity index (χ2v) is 5.68. The van der Waals surface area contributed by atoms with E-state index in [0.29, 0.717) is 16.3 Å². The fourth-order valence-electron chi connectivity index (χ4n) is 2.14. The molecule has 2 aromatic carbocycles. The van der Waals surface area contributed by atoms with Crippen LogP contribution in [-0.2, 0) is 0 Å². The Bertz CT molecular complexity index is 964. The van der Waals surface area contributed by atoms with Crippen molar-refractivity contribution < 1.29 is 18.0 Å².